The smallest absolute Gasteiger partial charge is 0.139 e. The summed E-state index contributed by atoms with van der Waals surface area (Å²) < 4.78 is 0. The molecular formula is C16H16N2. The number of benzene rings is 2. The lowest BCUT2D eigenvalue weighted by Crippen LogP contribution is -1.89. The second-order valence-corrected chi connectivity index (χ2v) is 4.82. The molecule has 0 radical (unpaired) electrons. The van der Waals surface area contributed by atoms with Gasteiger partial charge < -0.3 is 4.98 Å². The highest BCUT2D eigenvalue weighted by Gasteiger charge is 2.10. The number of nitrogens with one attached hydrogen (secondary N) is 1. The van der Waals surface area contributed by atoms with Gasteiger partial charge in [-0.1, -0.05) is 30.3 Å². The predicted molar refractivity (Wildman–Crippen MR) is 75.7 cm³/mol. The summed E-state index contributed by atoms with van der Waals surface area (Å²) in [5.41, 5.74) is 7.11. The van der Waals surface area contributed by atoms with Gasteiger partial charge in [-0.15, -0.1) is 0 Å². The first kappa shape index (κ1) is 11.0. The number of nitrogens with zero attached hydrogens (tertiary/aromatic N) is 1. The summed E-state index contributed by atoms with van der Waals surface area (Å²) in [6.07, 6.45) is 0. The lowest BCUT2D eigenvalue weighted by molar-refractivity contribution is 1.27. The molecule has 2 heteroatoms. The Balaban J connectivity index is 2.30. The molecule has 0 fully saturated rings. The molecule has 0 aliphatic heterocycles. The van der Waals surface area contributed by atoms with Crippen LogP contribution >= 0.6 is 0 Å². The Hall–Kier alpha value is -2.09. The Bertz CT molecular complexity index is 703. The van der Waals surface area contributed by atoms with Crippen LogP contribution in [-0.2, 0) is 0 Å². The van der Waals surface area contributed by atoms with Gasteiger partial charge in [0.25, 0.3) is 0 Å². The van der Waals surface area contributed by atoms with Crippen LogP contribution in [0.4, 0.5) is 0 Å². The van der Waals surface area contributed by atoms with Crippen LogP contribution in [0.25, 0.3) is 22.4 Å². The van der Waals surface area contributed by atoms with E-state index in [1.165, 1.54) is 22.3 Å². The minimum Gasteiger partial charge on any atom is -0.338 e. The fraction of sp³-hybridized carbons (Fsp3) is 0.188. The molecular weight excluding hydrogens is 220 g/mol. The number of aromatic nitrogens is 2. The van der Waals surface area contributed by atoms with Gasteiger partial charge >= 0.3 is 0 Å². The molecule has 0 bridgehead atoms. The first-order valence-electron chi connectivity index (χ1n) is 6.19. The van der Waals surface area contributed by atoms with Crippen molar-refractivity contribution in [2.75, 3.05) is 0 Å². The molecule has 2 nitrogen and oxygen atoms in total. The summed E-state index contributed by atoms with van der Waals surface area (Å²) in [5, 5.41) is 0. The Kier molecular flexibility index (Phi) is 2.44. The average Bonchev–Trinajstić information content (AvgIpc) is 2.74. The van der Waals surface area contributed by atoms with Crippen molar-refractivity contribution in [3.05, 3.63) is 53.1 Å². The van der Waals surface area contributed by atoms with E-state index >= 15 is 0 Å². The van der Waals surface area contributed by atoms with E-state index in [0.29, 0.717) is 0 Å². The topological polar surface area (TPSA) is 28.7 Å². The first-order valence-corrected chi connectivity index (χ1v) is 6.19. The van der Waals surface area contributed by atoms with Gasteiger partial charge in [-0.2, -0.15) is 0 Å². The zero-order valence-electron chi connectivity index (χ0n) is 10.9. The lowest BCUT2D eigenvalue weighted by Gasteiger charge is -2.05. The maximum absolute atomic E-state index is 4.75. The Labute approximate surface area is 107 Å². The van der Waals surface area contributed by atoms with Crippen molar-refractivity contribution >= 4 is 11.0 Å². The van der Waals surface area contributed by atoms with E-state index < -0.39 is 0 Å². The molecule has 0 spiro atoms. The molecule has 1 N–H and O–H groups in total. The summed E-state index contributed by atoms with van der Waals surface area (Å²) in [6.45, 7) is 6.35. The van der Waals surface area contributed by atoms with Crippen LogP contribution in [-0.4, -0.2) is 9.97 Å². The van der Waals surface area contributed by atoms with Gasteiger partial charge in [0.2, 0.25) is 0 Å². The van der Waals surface area contributed by atoms with E-state index in [4.69, 9.17) is 4.98 Å². The molecule has 18 heavy (non-hydrogen) atoms. The molecule has 1 aromatic heterocycles. The maximum Gasteiger partial charge on any atom is 0.139 e. The monoisotopic (exact) mass is 236 g/mol. The molecule has 3 rings (SSSR count). The van der Waals surface area contributed by atoms with Gasteiger partial charge in [-0.25, -0.2) is 4.98 Å². The minimum atomic E-state index is 0.968. The fourth-order valence-corrected chi connectivity index (χ4v) is 2.48. The van der Waals surface area contributed by atoms with Crippen LogP contribution in [0.1, 0.15) is 16.7 Å². The van der Waals surface area contributed by atoms with Gasteiger partial charge in [0.05, 0.1) is 11.0 Å². The van der Waals surface area contributed by atoms with E-state index in [0.717, 1.165) is 16.9 Å². The molecule has 0 atom stereocenters. The third kappa shape index (κ3) is 1.61. The Morgan fingerprint density at radius 1 is 0.833 bits per heavy atom. The summed E-state index contributed by atoms with van der Waals surface area (Å²) >= 11 is 0. The standard InChI is InChI=1S/C16H16N2/c1-10-6-4-7-11(2)14(10)16-17-13-9-5-8-12(3)15(13)18-16/h4-9H,1-3H3,(H,17,18). The van der Waals surface area contributed by atoms with Crippen LogP contribution in [0.15, 0.2) is 36.4 Å². The molecule has 0 aliphatic rings. The van der Waals surface area contributed by atoms with Crippen molar-refractivity contribution in [1.82, 2.24) is 9.97 Å². The van der Waals surface area contributed by atoms with Crippen molar-refractivity contribution < 1.29 is 0 Å². The third-order valence-electron chi connectivity index (χ3n) is 3.43. The number of H-pyrrole nitrogens is 1. The van der Waals surface area contributed by atoms with Crippen molar-refractivity contribution in [3.8, 4) is 11.4 Å². The van der Waals surface area contributed by atoms with Crippen molar-refractivity contribution in [2.24, 2.45) is 0 Å². The second kappa shape index (κ2) is 3.98. The van der Waals surface area contributed by atoms with Crippen LogP contribution in [0, 0.1) is 20.8 Å². The number of aromatic amines is 1. The van der Waals surface area contributed by atoms with Gasteiger partial charge in [0.1, 0.15) is 5.82 Å². The fourth-order valence-electron chi connectivity index (χ4n) is 2.48. The minimum absolute atomic E-state index is 0.968. The van der Waals surface area contributed by atoms with E-state index in [-0.39, 0.29) is 0 Å². The highest BCUT2D eigenvalue weighted by Crippen LogP contribution is 2.27. The summed E-state index contributed by atoms with van der Waals surface area (Å²) in [4.78, 5) is 8.17. The number of para-hydroxylation sites is 1. The zero-order chi connectivity index (χ0) is 12.7. The molecule has 90 valence electrons. The van der Waals surface area contributed by atoms with E-state index in [2.05, 4.69) is 62.2 Å². The van der Waals surface area contributed by atoms with Crippen LogP contribution in [0.2, 0.25) is 0 Å². The number of fused-ring (bicyclic) bond motifs is 1. The van der Waals surface area contributed by atoms with Gasteiger partial charge in [0, 0.05) is 5.56 Å². The average molecular weight is 236 g/mol. The molecule has 3 aromatic rings. The highest BCUT2D eigenvalue weighted by molar-refractivity contribution is 5.83. The van der Waals surface area contributed by atoms with E-state index in [9.17, 15) is 0 Å². The predicted octanol–water partition coefficient (Wildman–Crippen LogP) is 4.16. The molecule has 0 saturated heterocycles. The lowest BCUT2D eigenvalue weighted by atomic mass is 10.0. The third-order valence-corrected chi connectivity index (χ3v) is 3.43. The number of aryl methyl sites for hydroxylation is 3. The van der Waals surface area contributed by atoms with E-state index in [1.54, 1.807) is 0 Å². The molecule has 1 heterocycles. The number of rotatable bonds is 1. The highest BCUT2D eigenvalue weighted by atomic mass is 14.9. The van der Waals surface area contributed by atoms with Crippen molar-refractivity contribution in [2.45, 2.75) is 20.8 Å². The molecule has 0 amide bonds. The van der Waals surface area contributed by atoms with Crippen molar-refractivity contribution in [3.63, 3.8) is 0 Å². The normalized spacial score (nSPS) is 11.1. The molecule has 0 aliphatic carbocycles. The number of hydrogen-bond acceptors (Lipinski definition) is 1. The van der Waals surface area contributed by atoms with Gasteiger partial charge in [-0.05, 0) is 43.5 Å². The van der Waals surface area contributed by atoms with Gasteiger partial charge in [-0.3, -0.25) is 0 Å². The Morgan fingerprint density at radius 3 is 2.11 bits per heavy atom. The zero-order valence-corrected chi connectivity index (χ0v) is 10.9. The summed E-state index contributed by atoms with van der Waals surface area (Å²) in [6, 6.07) is 12.6. The second-order valence-electron chi connectivity index (χ2n) is 4.82. The first-order chi connectivity index (χ1) is 8.66. The van der Waals surface area contributed by atoms with Crippen molar-refractivity contribution in [1.29, 1.82) is 0 Å². The van der Waals surface area contributed by atoms with E-state index in [1.807, 2.05) is 0 Å². The molecule has 0 saturated carbocycles. The quantitative estimate of drug-likeness (QED) is 0.675. The number of hydrogen-bond donors (Lipinski definition) is 1. The SMILES string of the molecule is Cc1cccc(C)c1-c1nc2c(C)cccc2[nH]1. The summed E-state index contributed by atoms with van der Waals surface area (Å²) in [5.74, 6) is 0.968. The van der Waals surface area contributed by atoms with Gasteiger partial charge in [0.15, 0.2) is 0 Å². The summed E-state index contributed by atoms with van der Waals surface area (Å²) in [7, 11) is 0. The number of imidazole rings is 1. The molecule has 0 unspecified atom stereocenters. The van der Waals surface area contributed by atoms with Crippen LogP contribution in [0.3, 0.4) is 0 Å². The Morgan fingerprint density at radius 2 is 1.44 bits per heavy atom. The maximum atomic E-state index is 4.75. The van der Waals surface area contributed by atoms with Crippen LogP contribution in [0.5, 0.6) is 0 Å². The van der Waals surface area contributed by atoms with Crippen LogP contribution < -0.4 is 0 Å². The molecule has 2 aromatic carbocycles. The largest absolute Gasteiger partial charge is 0.338 e.